The zero-order valence-corrected chi connectivity index (χ0v) is 16.7. The zero-order chi connectivity index (χ0) is 21.3. The lowest BCUT2D eigenvalue weighted by molar-refractivity contribution is -0.116. The molecule has 1 aliphatic rings. The number of nitrogens with one attached hydrogen (secondary N) is 1. The summed E-state index contributed by atoms with van der Waals surface area (Å²) >= 11 is 1.10. The number of rotatable bonds is 6. The van der Waals surface area contributed by atoms with Crippen LogP contribution in [0.15, 0.2) is 61.2 Å². The van der Waals surface area contributed by atoms with Crippen LogP contribution in [0.3, 0.4) is 0 Å². The second kappa shape index (κ2) is 8.12. The third kappa shape index (κ3) is 3.59. The largest absolute Gasteiger partial charge is 0.489 e. The van der Waals surface area contributed by atoms with Crippen LogP contribution in [0.5, 0.6) is 5.75 Å². The fraction of sp³-hybridized carbons (Fsp3) is 0.130. The van der Waals surface area contributed by atoms with Crippen LogP contribution < -0.4 is 10.1 Å². The van der Waals surface area contributed by atoms with Crippen LogP contribution in [-0.4, -0.2) is 23.6 Å². The molecule has 0 aliphatic carbocycles. The van der Waals surface area contributed by atoms with E-state index in [0.29, 0.717) is 34.0 Å². The van der Waals surface area contributed by atoms with E-state index in [1.54, 1.807) is 12.1 Å². The number of benzene rings is 2. The second-order valence-electron chi connectivity index (χ2n) is 6.80. The Bertz CT molecular complexity index is 1150. The highest BCUT2D eigenvalue weighted by Crippen LogP contribution is 2.50. The molecule has 2 heterocycles. The molecule has 2 aromatic carbocycles. The summed E-state index contributed by atoms with van der Waals surface area (Å²) in [6.07, 6.45) is 1.79. The Balaban J connectivity index is 1.91. The predicted octanol–water partition coefficient (Wildman–Crippen LogP) is 5.29. The highest BCUT2D eigenvalue weighted by Gasteiger charge is 2.35. The third-order valence-corrected chi connectivity index (χ3v) is 6.16. The Morgan fingerprint density at radius 2 is 2.10 bits per heavy atom. The van der Waals surface area contributed by atoms with Gasteiger partial charge in [-0.2, -0.15) is 0 Å². The van der Waals surface area contributed by atoms with Crippen molar-refractivity contribution in [3.05, 3.63) is 82.3 Å². The number of carboxylic acids is 1. The van der Waals surface area contributed by atoms with Crippen molar-refractivity contribution in [3.8, 4) is 16.9 Å². The van der Waals surface area contributed by atoms with Gasteiger partial charge < -0.3 is 15.2 Å². The van der Waals surface area contributed by atoms with E-state index in [2.05, 4.69) is 11.9 Å². The fourth-order valence-electron chi connectivity index (χ4n) is 3.66. The smallest absolute Gasteiger partial charge is 0.346 e. The summed E-state index contributed by atoms with van der Waals surface area (Å²) in [5.74, 6) is -1.61. The summed E-state index contributed by atoms with van der Waals surface area (Å²) in [6, 6.07) is 13.1. The van der Waals surface area contributed by atoms with E-state index in [4.69, 9.17) is 4.74 Å². The number of carbonyl (C=O) groups is 2. The van der Waals surface area contributed by atoms with Gasteiger partial charge in [0, 0.05) is 28.3 Å². The van der Waals surface area contributed by atoms with E-state index in [1.165, 1.54) is 18.2 Å². The van der Waals surface area contributed by atoms with Crippen LogP contribution in [0.4, 0.5) is 10.1 Å². The van der Waals surface area contributed by atoms with Gasteiger partial charge in [-0.1, -0.05) is 43.0 Å². The number of aromatic carboxylic acids is 1. The number of carboxylic acid groups (broad SMARTS) is 1. The average Bonchev–Trinajstić information content (AvgIpc) is 3.11. The van der Waals surface area contributed by atoms with E-state index in [1.807, 2.05) is 24.3 Å². The zero-order valence-electron chi connectivity index (χ0n) is 15.9. The molecule has 4 rings (SSSR count). The van der Waals surface area contributed by atoms with Crippen molar-refractivity contribution in [1.29, 1.82) is 0 Å². The molecule has 1 atom stereocenters. The van der Waals surface area contributed by atoms with Gasteiger partial charge in [-0.05, 0) is 23.8 Å². The number of hydrogen-bond acceptors (Lipinski definition) is 4. The molecular weight excluding hydrogens is 405 g/mol. The summed E-state index contributed by atoms with van der Waals surface area (Å²) in [7, 11) is 0. The number of fused-ring (bicyclic) bond motifs is 1. The minimum absolute atomic E-state index is 0.0577. The minimum atomic E-state index is -1.13. The number of anilines is 1. The van der Waals surface area contributed by atoms with Crippen molar-refractivity contribution in [2.75, 3.05) is 11.9 Å². The molecule has 1 aromatic heterocycles. The molecule has 152 valence electrons. The van der Waals surface area contributed by atoms with Gasteiger partial charge in [0.2, 0.25) is 5.91 Å². The summed E-state index contributed by atoms with van der Waals surface area (Å²) in [5, 5.41) is 12.6. The maximum atomic E-state index is 13.9. The van der Waals surface area contributed by atoms with Gasteiger partial charge >= 0.3 is 5.97 Å². The third-order valence-electron chi connectivity index (χ3n) is 4.86. The number of thiophene rings is 1. The Hall–Kier alpha value is -3.45. The molecule has 30 heavy (non-hydrogen) atoms. The summed E-state index contributed by atoms with van der Waals surface area (Å²) < 4.78 is 19.6. The number of ether oxygens (including phenoxy) is 1. The van der Waals surface area contributed by atoms with Crippen LogP contribution in [0, 0.1) is 5.82 Å². The van der Waals surface area contributed by atoms with Crippen LogP contribution in [0.1, 0.15) is 32.5 Å². The molecule has 0 fully saturated rings. The Labute approximate surface area is 176 Å². The molecule has 0 saturated heterocycles. The number of hydrogen-bond donors (Lipinski definition) is 2. The Kier molecular flexibility index (Phi) is 5.37. The molecule has 0 unspecified atom stereocenters. The van der Waals surface area contributed by atoms with E-state index in [-0.39, 0.29) is 23.1 Å². The van der Waals surface area contributed by atoms with Crippen molar-refractivity contribution in [3.63, 3.8) is 0 Å². The Morgan fingerprint density at radius 1 is 1.30 bits per heavy atom. The van der Waals surface area contributed by atoms with Crippen molar-refractivity contribution in [2.24, 2.45) is 0 Å². The topological polar surface area (TPSA) is 75.6 Å². The summed E-state index contributed by atoms with van der Waals surface area (Å²) in [4.78, 5) is 25.3. The first kappa shape index (κ1) is 19.8. The lowest BCUT2D eigenvalue weighted by Crippen LogP contribution is -2.23. The first-order chi connectivity index (χ1) is 14.5. The van der Waals surface area contributed by atoms with Gasteiger partial charge in [-0.3, -0.25) is 4.79 Å². The van der Waals surface area contributed by atoms with Gasteiger partial charge in [0.15, 0.2) is 0 Å². The number of para-hydroxylation sites is 1. The lowest BCUT2D eigenvalue weighted by Gasteiger charge is -2.25. The maximum Gasteiger partial charge on any atom is 0.346 e. The Morgan fingerprint density at radius 3 is 2.83 bits per heavy atom. The monoisotopic (exact) mass is 423 g/mol. The van der Waals surface area contributed by atoms with Crippen molar-refractivity contribution in [1.82, 2.24) is 0 Å². The SMILES string of the molecule is C=CCOc1ccccc1[C@H]1CC(=O)Nc2c1sc(C(=O)O)c2-c1cccc(F)c1. The molecule has 0 spiro atoms. The molecule has 7 heteroatoms. The summed E-state index contributed by atoms with van der Waals surface area (Å²) in [5.41, 5.74) is 1.94. The number of amides is 1. The molecule has 0 saturated carbocycles. The van der Waals surface area contributed by atoms with Crippen molar-refractivity contribution in [2.45, 2.75) is 12.3 Å². The molecule has 0 radical (unpaired) electrons. The molecule has 5 nitrogen and oxygen atoms in total. The first-order valence-electron chi connectivity index (χ1n) is 9.28. The molecular formula is C23H18FNO4S. The first-order valence-corrected chi connectivity index (χ1v) is 10.1. The van der Waals surface area contributed by atoms with Crippen LogP contribution in [0.25, 0.3) is 11.1 Å². The second-order valence-corrected chi connectivity index (χ2v) is 7.86. The standard InChI is InChI=1S/C23H18FNO4S/c1-2-10-29-17-9-4-3-8-15(17)16-12-18(26)25-20-19(13-6-5-7-14(24)11-13)22(23(27)28)30-21(16)20/h2-9,11,16H,1,10,12H2,(H,25,26)(H,27,28)/t16-/m1/s1. The van der Waals surface area contributed by atoms with E-state index < -0.39 is 11.8 Å². The lowest BCUT2D eigenvalue weighted by atomic mass is 9.88. The number of carbonyl (C=O) groups excluding carboxylic acids is 1. The van der Waals surface area contributed by atoms with Crippen LogP contribution >= 0.6 is 11.3 Å². The molecule has 1 aliphatic heterocycles. The van der Waals surface area contributed by atoms with Crippen LogP contribution in [-0.2, 0) is 4.79 Å². The van der Waals surface area contributed by atoms with Gasteiger partial charge in [0.1, 0.15) is 23.1 Å². The van der Waals surface area contributed by atoms with Gasteiger partial charge in [-0.25, -0.2) is 9.18 Å². The van der Waals surface area contributed by atoms with E-state index in [0.717, 1.165) is 16.9 Å². The summed E-state index contributed by atoms with van der Waals surface area (Å²) in [6.45, 7) is 3.97. The van der Waals surface area contributed by atoms with E-state index >= 15 is 0 Å². The molecule has 2 N–H and O–H groups in total. The van der Waals surface area contributed by atoms with Crippen LogP contribution in [0.2, 0.25) is 0 Å². The van der Waals surface area contributed by atoms with Crippen molar-refractivity contribution >= 4 is 28.9 Å². The van der Waals surface area contributed by atoms with Gasteiger partial charge in [-0.15, -0.1) is 11.3 Å². The maximum absolute atomic E-state index is 13.9. The number of halogens is 1. The fourth-order valence-corrected chi connectivity index (χ4v) is 4.89. The highest BCUT2D eigenvalue weighted by molar-refractivity contribution is 7.15. The average molecular weight is 423 g/mol. The predicted molar refractivity (Wildman–Crippen MR) is 114 cm³/mol. The van der Waals surface area contributed by atoms with E-state index in [9.17, 15) is 19.1 Å². The van der Waals surface area contributed by atoms with Gasteiger partial charge in [0.05, 0.1) is 5.69 Å². The molecule has 0 bridgehead atoms. The van der Waals surface area contributed by atoms with Gasteiger partial charge in [0.25, 0.3) is 0 Å². The molecule has 1 amide bonds. The minimum Gasteiger partial charge on any atom is -0.489 e. The molecule has 3 aromatic rings. The highest BCUT2D eigenvalue weighted by atomic mass is 32.1. The normalized spacial score (nSPS) is 15.2. The van der Waals surface area contributed by atoms with Crippen molar-refractivity contribution < 1.29 is 23.8 Å². The quantitative estimate of drug-likeness (QED) is 0.528.